The maximum atomic E-state index is 13.5. The van der Waals surface area contributed by atoms with E-state index in [9.17, 15) is 10.1 Å². The first kappa shape index (κ1) is 18.1. The summed E-state index contributed by atoms with van der Waals surface area (Å²) in [5.74, 6) is 0.445. The zero-order chi connectivity index (χ0) is 19.8. The molecule has 4 rings (SSSR count). The predicted molar refractivity (Wildman–Crippen MR) is 107 cm³/mol. The van der Waals surface area contributed by atoms with Crippen LogP contribution in [0.25, 0.3) is 0 Å². The number of rotatable bonds is 3. The van der Waals surface area contributed by atoms with Crippen molar-refractivity contribution in [3.63, 3.8) is 0 Å². The molecule has 1 aromatic carbocycles. The van der Waals surface area contributed by atoms with Gasteiger partial charge in [0, 0.05) is 16.2 Å². The summed E-state index contributed by atoms with van der Waals surface area (Å²) >= 11 is 3.45. The number of hydrogen-bond donors (Lipinski definition) is 1. The number of furan rings is 1. The molecule has 2 aromatic heterocycles. The molecule has 1 aliphatic rings. The minimum Gasteiger partial charge on any atom is -0.467 e. The molecule has 0 bridgehead atoms. The summed E-state index contributed by atoms with van der Waals surface area (Å²) in [6.45, 7) is 2.11. The van der Waals surface area contributed by atoms with E-state index in [-0.39, 0.29) is 23.6 Å². The van der Waals surface area contributed by atoms with E-state index in [2.05, 4.69) is 22.0 Å². The van der Waals surface area contributed by atoms with Crippen LogP contribution in [0.1, 0.15) is 28.5 Å². The molecule has 6 nitrogen and oxygen atoms in total. The lowest BCUT2D eigenvalue weighted by Crippen LogP contribution is -2.33. The fourth-order valence-corrected chi connectivity index (χ4v) is 3.88. The zero-order valence-corrected chi connectivity index (χ0v) is 16.6. The van der Waals surface area contributed by atoms with Crippen molar-refractivity contribution in [2.24, 2.45) is 5.73 Å². The highest BCUT2D eigenvalue weighted by atomic mass is 79.9. The minimum absolute atomic E-state index is 0.0163. The number of nitriles is 1. The van der Waals surface area contributed by atoms with Gasteiger partial charge < -0.3 is 19.5 Å². The topological polar surface area (TPSA) is 94.2 Å². The third kappa shape index (κ3) is 3.02. The number of aromatic nitrogens is 1. The quantitative estimate of drug-likeness (QED) is 0.672. The molecule has 140 valence electrons. The van der Waals surface area contributed by atoms with Crippen LogP contribution in [0.15, 0.2) is 73.9 Å². The van der Waals surface area contributed by atoms with Gasteiger partial charge in [0.2, 0.25) is 5.88 Å². The highest BCUT2D eigenvalue weighted by Gasteiger charge is 2.34. The van der Waals surface area contributed by atoms with Crippen LogP contribution in [0, 0.1) is 18.3 Å². The zero-order valence-electron chi connectivity index (χ0n) is 15.0. The van der Waals surface area contributed by atoms with Gasteiger partial charge in [-0.15, -0.1) is 0 Å². The summed E-state index contributed by atoms with van der Waals surface area (Å²) in [7, 11) is 0. The molecule has 3 aromatic rings. The molecule has 3 heterocycles. The normalized spacial score (nSPS) is 15.7. The Hall–Kier alpha value is -3.24. The number of nitrogens with two attached hydrogens (primary N) is 1. The van der Waals surface area contributed by atoms with Crippen LogP contribution in [0.4, 0.5) is 0 Å². The summed E-state index contributed by atoms with van der Waals surface area (Å²) in [6, 6.07) is 15.0. The van der Waals surface area contributed by atoms with Crippen molar-refractivity contribution < 1.29 is 9.15 Å². The fraction of sp³-hybridized carbons (Fsp3) is 0.143. The Morgan fingerprint density at radius 2 is 2.11 bits per heavy atom. The number of ether oxygens (including phenoxy) is 1. The van der Waals surface area contributed by atoms with E-state index >= 15 is 0 Å². The first-order chi connectivity index (χ1) is 13.5. The van der Waals surface area contributed by atoms with Gasteiger partial charge >= 0.3 is 0 Å². The lowest BCUT2D eigenvalue weighted by molar-refractivity contribution is 0.387. The van der Waals surface area contributed by atoms with Crippen LogP contribution >= 0.6 is 15.9 Å². The highest BCUT2D eigenvalue weighted by Crippen LogP contribution is 2.41. The second kappa shape index (κ2) is 7.06. The number of nitrogens with zero attached hydrogens (tertiary/aromatic N) is 2. The molecule has 1 atom stereocenters. The van der Waals surface area contributed by atoms with E-state index < -0.39 is 5.92 Å². The molecule has 28 heavy (non-hydrogen) atoms. The van der Waals surface area contributed by atoms with Crippen LogP contribution in [0.2, 0.25) is 0 Å². The van der Waals surface area contributed by atoms with Crippen molar-refractivity contribution in [3.05, 3.63) is 97.6 Å². The van der Waals surface area contributed by atoms with Crippen LogP contribution in [0.3, 0.4) is 0 Å². The van der Waals surface area contributed by atoms with Gasteiger partial charge in [0.05, 0.1) is 24.3 Å². The Morgan fingerprint density at radius 3 is 2.79 bits per heavy atom. The lowest BCUT2D eigenvalue weighted by atomic mass is 9.84. The van der Waals surface area contributed by atoms with Gasteiger partial charge in [-0.25, -0.2) is 0 Å². The van der Waals surface area contributed by atoms with E-state index in [1.54, 1.807) is 23.0 Å². The average molecular weight is 438 g/mol. The molecule has 1 unspecified atom stereocenters. The van der Waals surface area contributed by atoms with Crippen molar-refractivity contribution in [2.75, 3.05) is 0 Å². The van der Waals surface area contributed by atoms with E-state index in [4.69, 9.17) is 14.9 Å². The predicted octanol–water partition coefficient (Wildman–Crippen LogP) is 3.78. The number of allylic oxidation sites excluding steroid dienone is 1. The van der Waals surface area contributed by atoms with Crippen LogP contribution < -0.4 is 16.0 Å². The SMILES string of the molecule is Cc1cc2c(c(=O)n1Cc1ccco1)C(c1cccc(Br)c1)C(C#N)=C(N)O2. The minimum atomic E-state index is -0.609. The van der Waals surface area contributed by atoms with Crippen molar-refractivity contribution >= 4 is 15.9 Å². The van der Waals surface area contributed by atoms with Gasteiger partial charge in [0.1, 0.15) is 23.2 Å². The summed E-state index contributed by atoms with van der Waals surface area (Å²) in [6.07, 6.45) is 1.57. The third-order valence-electron chi connectivity index (χ3n) is 4.77. The number of benzene rings is 1. The maximum Gasteiger partial charge on any atom is 0.259 e. The Morgan fingerprint density at radius 1 is 1.29 bits per heavy atom. The molecule has 0 radical (unpaired) electrons. The van der Waals surface area contributed by atoms with E-state index in [0.29, 0.717) is 22.8 Å². The van der Waals surface area contributed by atoms with E-state index in [0.717, 1.165) is 10.0 Å². The second-order valence-corrected chi connectivity index (χ2v) is 7.43. The van der Waals surface area contributed by atoms with Crippen molar-refractivity contribution in [1.82, 2.24) is 4.57 Å². The number of fused-ring (bicyclic) bond motifs is 1. The van der Waals surface area contributed by atoms with Crippen LogP contribution in [-0.2, 0) is 6.54 Å². The third-order valence-corrected chi connectivity index (χ3v) is 5.26. The van der Waals surface area contributed by atoms with E-state index in [1.165, 1.54) is 0 Å². The van der Waals surface area contributed by atoms with Crippen LogP contribution in [-0.4, -0.2) is 4.57 Å². The maximum absolute atomic E-state index is 13.5. The van der Waals surface area contributed by atoms with Gasteiger partial charge in [0.15, 0.2) is 0 Å². The van der Waals surface area contributed by atoms with Crippen molar-refractivity contribution in [3.8, 4) is 11.8 Å². The molecule has 0 aliphatic carbocycles. The average Bonchev–Trinajstić information content (AvgIpc) is 3.17. The molecule has 0 spiro atoms. The summed E-state index contributed by atoms with van der Waals surface area (Å²) in [5.41, 5.74) is 7.88. The Kier molecular flexibility index (Phi) is 4.57. The van der Waals surface area contributed by atoms with Gasteiger partial charge in [-0.05, 0) is 36.8 Å². The Balaban J connectivity index is 1.96. The van der Waals surface area contributed by atoms with Gasteiger partial charge in [-0.3, -0.25) is 4.79 Å². The van der Waals surface area contributed by atoms with Crippen LogP contribution in [0.5, 0.6) is 5.75 Å². The smallest absolute Gasteiger partial charge is 0.259 e. The first-order valence-corrected chi connectivity index (χ1v) is 9.38. The number of halogens is 1. The first-order valence-electron chi connectivity index (χ1n) is 8.59. The molecule has 2 N–H and O–H groups in total. The van der Waals surface area contributed by atoms with Crippen molar-refractivity contribution in [1.29, 1.82) is 5.26 Å². The Bertz CT molecular complexity index is 1190. The standard InChI is InChI=1S/C21H16BrN3O3/c1-12-8-17-19(21(26)25(12)11-15-6-3-7-27-15)18(16(10-23)20(24)28-17)13-4-2-5-14(22)9-13/h2-9,18H,11,24H2,1H3. The molecule has 0 saturated heterocycles. The second-order valence-electron chi connectivity index (χ2n) is 6.51. The van der Waals surface area contributed by atoms with Crippen molar-refractivity contribution in [2.45, 2.75) is 19.4 Å². The van der Waals surface area contributed by atoms with E-state index in [1.807, 2.05) is 37.3 Å². The summed E-state index contributed by atoms with van der Waals surface area (Å²) < 4.78 is 13.5. The Labute approximate surface area is 169 Å². The lowest BCUT2D eigenvalue weighted by Gasteiger charge is -2.27. The van der Waals surface area contributed by atoms with Gasteiger partial charge in [-0.1, -0.05) is 28.1 Å². The highest BCUT2D eigenvalue weighted by molar-refractivity contribution is 9.10. The van der Waals surface area contributed by atoms with Gasteiger partial charge in [0.25, 0.3) is 5.56 Å². The number of hydrogen-bond acceptors (Lipinski definition) is 5. The molecular formula is C21H16BrN3O3. The molecule has 0 saturated carbocycles. The number of pyridine rings is 1. The number of aryl methyl sites for hydroxylation is 1. The largest absolute Gasteiger partial charge is 0.467 e. The molecular weight excluding hydrogens is 422 g/mol. The monoisotopic (exact) mass is 437 g/mol. The fourth-order valence-electron chi connectivity index (χ4n) is 3.46. The summed E-state index contributed by atoms with van der Waals surface area (Å²) in [4.78, 5) is 13.5. The molecule has 0 fully saturated rings. The van der Waals surface area contributed by atoms with Gasteiger partial charge in [-0.2, -0.15) is 5.26 Å². The molecule has 1 aliphatic heterocycles. The molecule has 7 heteroatoms. The molecule has 0 amide bonds. The summed E-state index contributed by atoms with van der Waals surface area (Å²) in [5, 5.41) is 9.71.